The van der Waals surface area contributed by atoms with Crippen LogP contribution in [0.5, 0.6) is 0 Å². The molecule has 0 aliphatic heterocycles. The highest BCUT2D eigenvalue weighted by atomic mass is 32.2. The zero-order chi connectivity index (χ0) is 15.3. The van der Waals surface area contributed by atoms with Gasteiger partial charge in [0.2, 0.25) is 10.0 Å². The van der Waals surface area contributed by atoms with Crippen LogP contribution in [0.1, 0.15) is 18.4 Å². The Morgan fingerprint density at radius 3 is 2.90 bits per heavy atom. The number of H-pyrrole nitrogens is 1. The summed E-state index contributed by atoms with van der Waals surface area (Å²) in [5, 5.41) is 10.8. The highest BCUT2D eigenvalue weighted by Crippen LogP contribution is 2.10. The molecule has 2 heterocycles. The molecule has 0 amide bonds. The average Bonchev–Trinajstić information content (AvgIpc) is 3.06. The Morgan fingerprint density at radius 2 is 2.24 bits per heavy atom. The van der Waals surface area contributed by atoms with Gasteiger partial charge in [-0.25, -0.2) is 13.1 Å². The molecule has 2 rings (SSSR count). The number of aromatic amines is 1. The van der Waals surface area contributed by atoms with Crippen LogP contribution in [0.2, 0.25) is 0 Å². The van der Waals surface area contributed by atoms with E-state index in [-0.39, 0.29) is 11.4 Å². The maximum Gasteiger partial charge on any atom is 0.242 e. The maximum atomic E-state index is 12.1. The van der Waals surface area contributed by atoms with E-state index >= 15 is 0 Å². The van der Waals surface area contributed by atoms with Gasteiger partial charge in [0.25, 0.3) is 0 Å². The van der Waals surface area contributed by atoms with Crippen LogP contribution in [0.4, 0.5) is 0 Å². The third kappa shape index (κ3) is 4.13. The minimum absolute atomic E-state index is 0.244. The van der Waals surface area contributed by atoms with E-state index in [1.54, 1.807) is 17.0 Å². The average molecular weight is 312 g/mol. The number of hydrogen-bond donors (Lipinski definition) is 3. The van der Waals surface area contributed by atoms with Crippen LogP contribution in [0.25, 0.3) is 0 Å². The maximum absolute atomic E-state index is 12.1. The van der Waals surface area contributed by atoms with Gasteiger partial charge >= 0.3 is 0 Å². The number of aromatic nitrogens is 4. The van der Waals surface area contributed by atoms with Crippen LogP contribution >= 0.6 is 0 Å². The van der Waals surface area contributed by atoms with E-state index in [9.17, 15) is 8.42 Å². The van der Waals surface area contributed by atoms with E-state index in [0.717, 1.165) is 18.1 Å². The molecule has 116 valence electrons. The van der Waals surface area contributed by atoms with Gasteiger partial charge < -0.3 is 14.9 Å². The normalized spacial score (nSPS) is 11.9. The van der Waals surface area contributed by atoms with Gasteiger partial charge in [-0.2, -0.15) is 0 Å². The summed E-state index contributed by atoms with van der Waals surface area (Å²) in [6.07, 6.45) is 3.57. The van der Waals surface area contributed by atoms with Crippen molar-refractivity contribution in [2.45, 2.75) is 24.8 Å². The first-order valence-corrected chi connectivity index (χ1v) is 8.22. The second-order valence-corrected chi connectivity index (χ2v) is 6.41. The van der Waals surface area contributed by atoms with Crippen LogP contribution in [0, 0.1) is 0 Å². The fourth-order valence-corrected chi connectivity index (χ4v) is 2.90. The molecule has 21 heavy (non-hydrogen) atoms. The predicted molar refractivity (Wildman–Crippen MR) is 78.1 cm³/mol. The van der Waals surface area contributed by atoms with Crippen LogP contribution in [-0.2, 0) is 30.0 Å². The Hall–Kier alpha value is -1.71. The molecule has 0 saturated heterocycles. The molecule has 0 bridgehead atoms. The molecule has 0 spiro atoms. The molecule has 2 aromatic heterocycles. The fraction of sp³-hybridized carbons (Fsp3) is 0.500. The van der Waals surface area contributed by atoms with E-state index in [1.165, 1.54) is 6.20 Å². The van der Waals surface area contributed by atoms with Crippen LogP contribution in [0.3, 0.4) is 0 Å². The third-order valence-corrected chi connectivity index (χ3v) is 4.48. The van der Waals surface area contributed by atoms with E-state index < -0.39 is 10.0 Å². The Balaban J connectivity index is 1.92. The van der Waals surface area contributed by atoms with Crippen molar-refractivity contribution >= 4 is 10.0 Å². The lowest BCUT2D eigenvalue weighted by Gasteiger charge is -2.04. The Labute approximate surface area is 124 Å². The van der Waals surface area contributed by atoms with Gasteiger partial charge in [-0.15, -0.1) is 10.2 Å². The molecule has 0 aliphatic carbocycles. The largest absolute Gasteiger partial charge is 0.363 e. The SMILES string of the molecule is CCNCc1cc(S(=O)(=O)NCCc2nncn2C)c[nH]1. The quantitative estimate of drug-likeness (QED) is 0.625. The van der Waals surface area contributed by atoms with Crippen LogP contribution < -0.4 is 10.0 Å². The summed E-state index contributed by atoms with van der Waals surface area (Å²) >= 11 is 0. The second kappa shape index (κ2) is 6.83. The van der Waals surface area contributed by atoms with E-state index in [0.29, 0.717) is 13.0 Å². The molecule has 2 aromatic rings. The number of sulfonamides is 1. The lowest BCUT2D eigenvalue weighted by atomic mass is 10.4. The van der Waals surface area contributed by atoms with Crippen molar-refractivity contribution in [3.63, 3.8) is 0 Å². The summed E-state index contributed by atoms with van der Waals surface area (Å²) < 4.78 is 28.6. The van der Waals surface area contributed by atoms with Gasteiger partial charge in [0, 0.05) is 38.4 Å². The zero-order valence-electron chi connectivity index (χ0n) is 12.1. The minimum Gasteiger partial charge on any atom is -0.363 e. The van der Waals surface area contributed by atoms with Crippen molar-refractivity contribution < 1.29 is 8.42 Å². The van der Waals surface area contributed by atoms with Crippen molar-refractivity contribution in [2.24, 2.45) is 7.05 Å². The van der Waals surface area contributed by atoms with Crippen molar-refractivity contribution in [3.8, 4) is 0 Å². The standard InChI is InChI=1S/C12H20N6O2S/c1-3-13-7-10-6-11(8-14-10)21(19,20)16-5-4-12-17-15-9-18(12)2/h6,8-9,13-14,16H,3-5,7H2,1-2H3. The molecule has 0 radical (unpaired) electrons. The van der Waals surface area contributed by atoms with Crippen molar-refractivity contribution in [2.75, 3.05) is 13.1 Å². The molecule has 0 atom stereocenters. The number of hydrogen-bond acceptors (Lipinski definition) is 5. The molecule has 0 saturated carbocycles. The van der Waals surface area contributed by atoms with Gasteiger partial charge in [-0.1, -0.05) is 6.92 Å². The van der Waals surface area contributed by atoms with Gasteiger partial charge in [0.05, 0.1) is 4.90 Å². The molecular formula is C12H20N6O2S. The second-order valence-electron chi connectivity index (χ2n) is 4.65. The number of nitrogens with one attached hydrogen (secondary N) is 3. The highest BCUT2D eigenvalue weighted by molar-refractivity contribution is 7.89. The lowest BCUT2D eigenvalue weighted by Crippen LogP contribution is -2.26. The Morgan fingerprint density at radius 1 is 1.43 bits per heavy atom. The van der Waals surface area contributed by atoms with E-state index in [4.69, 9.17) is 0 Å². The molecule has 0 unspecified atom stereocenters. The molecule has 0 aliphatic rings. The molecular weight excluding hydrogens is 292 g/mol. The van der Waals surface area contributed by atoms with Crippen LogP contribution in [0.15, 0.2) is 23.5 Å². The first-order valence-electron chi connectivity index (χ1n) is 6.73. The molecule has 0 aromatic carbocycles. The number of aryl methyl sites for hydroxylation is 1. The van der Waals surface area contributed by atoms with E-state index in [1.807, 2.05) is 14.0 Å². The first kappa shape index (κ1) is 15.7. The third-order valence-electron chi connectivity index (χ3n) is 3.04. The summed E-state index contributed by atoms with van der Waals surface area (Å²) in [5.41, 5.74) is 0.838. The summed E-state index contributed by atoms with van der Waals surface area (Å²) in [6.45, 7) is 3.72. The smallest absolute Gasteiger partial charge is 0.242 e. The summed E-state index contributed by atoms with van der Waals surface area (Å²) in [7, 11) is -1.67. The fourth-order valence-electron chi connectivity index (χ4n) is 1.85. The van der Waals surface area contributed by atoms with Crippen molar-refractivity contribution in [1.82, 2.24) is 29.8 Å². The topological polar surface area (TPSA) is 105 Å². The molecule has 0 fully saturated rings. The first-order chi connectivity index (χ1) is 10.0. The van der Waals surface area contributed by atoms with Gasteiger partial charge in [-0.05, 0) is 12.6 Å². The summed E-state index contributed by atoms with van der Waals surface area (Å²) in [6, 6.07) is 1.63. The number of rotatable bonds is 8. The van der Waals surface area contributed by atoms with Crippen molar-refractivity contribution in [1.29, 1.82) is 0 Å². The predicted octanol–water partition coefficient (Wildman–Crippen LogP) is -0.226. The number of nitrogens with zero attached hydrogens (tertiary/aromatic N) is 3. The van der Waals surface area contributed by atoms with Crippen LogP contribution in [-0.4, -0.2) is 41.3 Å². The summed E-state index contributed by atoms with van der Waals surface area (Å²) in [4.78, 5) is 3.20. The minimum atomic E-state index is -3.50. The zero-order valence-corrected chi connectivity index (χ0v) is 12.9. The van der Waals surface area contributed by atoms with Crippen molar-refractivity contribution in [3.05, 3.63) is 30.1 Å². The molecule has 8 nitrogen and oxygen atoms in total. The van der Waals surface area contributed by atoms with Gasteiger partial charge in [0.1, 0.15) is 12.2 Å². The molecule has 9 heteroatoms. The highest BCUT2D eigenvalue weighted by Gasteiger charge is 2.15. The van der Waals surface area contributed by atoms with Gasteiger partial charge in [-0.3, -0.25) is 0 Å². The molecule has 3 N–H and O–H groups in total. The Kier molecular flexibility index (Phi) is 5.10. The summed E-state index contributed by atoms with van der Waals surface area (Å²) in [5.74, 6) is 0.736. The van der Waals surface area contributed by atoms with E-state index in [2.05, 4.69) is 25.2 Å². The Bertz CT molecular complexity index is 675. The van der Waals surface area contributed by atoms with Gasteiger partial charge in [0.15, 0.2) is 0 Å². The monoisotopic (exact) mass is 312 g/mol. The lowest BCUT2D eigenvalue weighted by molar-refractivity contribution is 0.580.